The maximum absolute atomic E-state index is 13.7. The average Bonchev–Trinajstić information content (AvgIpc) is 2.73. The molecule has 0 spiro atoms. The highest BCUT2D eigenvalue weighted by Gasteiger charge is 2.37. The summed E-state index contributed by atoms with van der Waals surface area (Å²) in [5.74, 6) is -1.76. The zero-order valence-corrected chi connectivity index (χ0v) is 17.2. The van der Waals surface area contributed by atoms with E-state index in [0.717, 1.165) is 12.1 Å². The fraction of sp³-hybridized carbons (Fsp3) is 0.579. The largest absolute Gasteiger partial charge is 0.495 e. The number of nitrogens with zero attached hydrogens (tertiary/aromatic N) is 2. The third-order valence-corrected chi connectivity index (χ3v) is 7.57. The van der Waals surface area contributed by atoms with Gasteiger partial charge in [0.25, 0.3) is 0 Å². The Morgan fingerprint density at radius 2 is 1.83 bits per heavy atom. The number of amides is 2. The van der Waals surface area contributed by atoms with E-state index in [4.69, 9.17) is 10.5 Å². The van der Waals surface area contributed by atoms with E-state index in [1.54, 1.807) is 4.90 Å². The van der Waals surface area contributed by atoms with Gasteiger partial charge < -0.3 is 15.4 Å². The number of nitrogens with two attached hydrogens (primary N) is 1. The van der Waals surface area contributed by atoms with E-state index in [9.17, 15) is 22.4 Å². The highest BCUT2D eigenvalue weighted by Crippen LogP contribution is 2.31. The molecule has 1 aromatic carbocycles. The molecule has 2 heterocycles. The number of carbonyl (C=O) groups excluding carboxylic acids is 2. The number of likely N-dealkylation sites (tertiary alicyclic amines) is 1. The van der Waals surface area contributed by atoms with E-state index >= 15 is 0 Å². The number of rotatable bonds is 5. The second-order valence-corrected chi connectivity index (χ2v) is 9.41. The van der Waals surface area contributed by atoms with Crippen molar-refractivity contribution in [3.8, 4) is 5.75 Å². The van der Waals surface area contributed by atoms with Crippen molar-refractivity contribution in [2.75, 3.05) is 33.3 Å². The van der Waals surface area contributed by atoms with Crippen molar-refractivity contribution in [3.63, 3.8) is 0 Å². The molecule has 8 nitrogen and oxygen atoms in total. The molecule has 0 radical (unpaired) electrons. The Hall–Kier alpha value is -2.20. The molecule has 2 N–H and O–H groups in total. The molecular formula is C19H26FN3O5S. The highest BCUT2D eigenvalue weighted by molar-refractivity contribution is 7.89. The van der Waals surface area contributed by atoms with Gasteiger partial charge in [-0.3, -0.25) is 9.59 Å². The van der Waals surface area contributed by atoms with E-state index in [1.165, 1.54) is 17.5 Å². The van der Waals surface area contributed by atoms with Crippen LogP contribution < -0.4 is 10.5 Å². The number of hydrogen-bond acceptors (Lipinski definition) is 5. The molecule has 2 saturated heterocycles. The van der Waals surface area contributed by atoms with E-state index in [2.05, 4.69) is 0 Å². The first-order valence-corrected chi connectivity index (χ1v) is 11.1. The third kappa shape index (κ3) is 4.53. The standard InChI is InChI=1S/C19H26FN3O5S/c1-28-16-5-4-15(20)11-17(16)29(26,27)23-8-2-3-14(12-23)19(25)22-9-6-13(7-10-22)18(21)24/h4-5,11,13-14H,2-3,6-10,12H2,1H3,(H2,21,24)/t14-/m1/s1. The van der Waals surface area contributed by atoms with Crippen molar-refractivity contribution in [1.29, 1.82) is 0 Å². The number of piperidine rings is 2. The fourth-order valence-electron chi connectivity index (χ4n) is 4.00. The zero-order valence-electron chi connectivity index (χ0n) is 16.3. The molecule has 1 atom stereocenters. The maximum atomic E-state index is 13.7. The van der Waals surface area contributed by atoms with Crippen LogP contribution in [0.5, 0.6) is 5.75 Å². The summed E-state index contributed by atoms with van der Waals surface area (Å²) in [7, 11) is -2.68. The van der Waals surface area contributed by atoms with Gasteiger partial charge in [0.1, 0.15) is 16.5 Å². The lowest BCUT2D eigenvalue weighted by atomic mass is 9.93. The second-order valence-electron chi connectivity index (χ2n) is 7.50. The number of hydrogen-bond donors (Lipinski definition) is 1. The van der Waals surface area contributed by atoms with Gasteiger partial charge in [-0.25, -0.2) is 12.8 Å². The Kier molecular flexibility index (Phi) is 6.42. The van der Waals surface area contributed by atoms with Crippen molar-refractivity contribution in [2.45, 2.75) is 30.6 Å². The van der Waals surface area contributed by atoms with Gasteiger partial charge in [-0.15, -0.1) is 0 Å². The zero-order chi connectivity index (χ0) is 21.2. The average molecular weight is 427 g/mol. The van der Waals surface area contributed by atoms with Gasteiger partial charge in [-0.2, -0.15) is 4.31 Å². The SMILES string of the molecule is COc1ccc(F)cc1S(=O)(=O)N1CCC[C@@H](C(=O)N2CCC(C(N)=O)CC2)C1. The van der Waals surface area contributed by atoms with E-state index in [-0.39, 0.29) is 41.5 Å². The van der Waals surface area contributed by atoms with Crippen LogP contribution >= 0.6 is 0 Å². The number of sulfonamides is 1. The molecule has 2 aliphatic rings. The monoisotopic (exact) mass is 427 g/mol. The first-order chi connectivity index (χ1) is 13.7. The minimum absolute atomic E-state index is 0.0383. The summed E-state index contributed by atoms with van der Waals surface area (Å²) in [5.41, 5.74) is 5.33. The van der Waals surface area contributed by atoms with Crippen LogP contribution in [0.3, 0.4) is 0 Å². The molecular weight excluding hydrogens is 401 g/mol. The first-order valence-electron chi connectivity index (χ1n) is 9.66. The molecule has 1 aromatic rings. The smallest absolute Gasteiger partial charge is 0.246 e. The van der Waals surface area contributed by atoms with Crippen molar-refractivity contribution >= 4 is 21.8 Å². The number of methoxy groups -OCH3 is 1. The van der Waals surface area contributed by atoms with E-state index < -0.39 is 21.8 Å². The molecule has 2 aliphatic heterocycles. The normalized spacial score (nSPS) is 21.7. The predicted molar refractivity (Wildman–Crippen MR) is 103 cm³/mol. The van der Waals surface area contributed by atoms with Gasteiger partial charge in [0.2, 0.25) is 21.8 Å². The molecule has 0 saturated carbocycles. The molecule has 10 heteroatoms. The lowest BCUT2D eigenvalue weighted by molar-refractivity contribution is -0.139. The lowest BCUT2D eigenvalue weighted by Crippen LogP contribution is -2.49. The summed E-state index contributed by atoms with van der Waals surface area (Å²) in [4.78, 5) is 25.7. The van der Waals surface area contributed by atoms with Crippen molar-refractivity contribution in [3.05, 3.63) is 24.0 Å². The summed E-state index contributed by atoms with van der Waals surface area (Å²) in [6.45, 7) is 1.17. The van der Waals surface area contributed by atoms with Gasteiger partial charge in [0.15, 0.2) is 0 Å². The summed E-state index contributed by atoms with van der Waals surface area (Å²) >= 11 is 0. The molecule has 0 aliphatic carbocycles. The molecule has 0 unspecified atom stereocenters. The maximum Gasteiger partial charge on any atom is 0.246 e. The van der Waals surface area contributed by atoms with Crippen molar-refractivity contribution in [1.82, 2.24) is 9.21 Å². The second kappa shape index (κ2) is 8.66. The number of ether oxygens (including phenoxy) is 1. The quantitative estimate of drug-likeness (QED) is 0.753. The summed E-state index contributed by atoms with van der Waals surface area (Å²) in [6.07, 6.45) is 2.17. The third-order valence-electron chi connectivity index (χ3n) is 5.69. The molecule has 3 rings (SSSR count). The number of primary amides is 1. The Morgan fingerprint density at radius 1 is 1.14 bits per heavy atom. The molecule has 0 aromatic heterocycles. The molecule has 2 fully saturated rings. The minimum Gasteiger partial charge on any atom is -0.495 e. The Labute approximate surface area is 169 Å². The van der Waals surface area contributed by atoms with Crippen LogP contribution in [0.15, 0.2) is 23.1 Å². The Morgan fingerprint density at radius 3 is 2.45 bits per heavy atom. The number of benzene rings is 1. The molecule has 29 heavy (non-hydrogen) atoms. The van der Waals surface area contributed by atoms with Crippen LogP contribution in [0.1, 0.15) is 25.7 Å². The van der Waals surface area contributed by atoms with Gasteiger partial charge in [-0.05, 0) is 43.9 Å². The van der Waals surface area contributed by atoms with Crippen LogP contribution in [0.2, 0.25) is 0 Å². The number of carbonyl (C=O) groups is 2. The lowest BCUT2D eigenvalue weighted by Gasteiger charge is -2.37. The van der Waals surface area contributed by atoms with Gasteiger partial charge in [0.05, 0.1) is 13.0 Å². The predicted octanol–water partition coefficient (Wildman–Crippen LogP) is 0.959. The minimum atomic E-state index is -4.01. The fourth-order valence-corrected chi connectivity index (χ4v) is 5.69. The first kappa shape index (κ1) is 21.5. The van der Waals surface area contributed by atoms with E-state index in [0.29, 0.717) is 38.8 Å². The Balaban J connectivity index is 1.73. The summed E-state index contributed by atoms with van der Waals surface area (Å²) < 4.78 is 46.2. The van der Waals surface area contributed by atoms with Crippen molar-refractivity contribution in [2.24, 2.45) is 17.6 Å². The van der Waals surface area contributed by atoms with Gasteiger partial charge >= 0.3 is 0 Å². The van der Waals surface area contributed by atoms with Crippen molar-refractivity contribution < 1.29 is 27.1 Å². The topological polar surface area (TPSA) is 110 Å². The van der Waals surface area contributed by atoms with Crippen LogP contribution in [-0.2, 0) is 19.6 Å². The van der Waals surface area contributed by atoms with Gasteiger partial charge in [-0.1, -0.05) is 0 Å². The van der Waals surface area contributed by atoms with E-state index in [1.807, 2.05) is 0 Å². The van der Waals surface area contributed by atoms with Crippen LogP contribution in [0.4, 0.5) is 4.39 Å². The summed E-state index contributed by atoms with van der Waals surface area (Å²) in [6, 6.07) is 3.35. The summed E-state index contributed by atoms with van der Waals surface area (Å²) in [5, 5.41) is 0. The highest BCUT2D eigenvalue weighted by atomic mass is 32.2. The number of halogens is 1. The molecule has 160 valence electrons. The molecule has 2 amide bonds. The van der Waals surface area contributed by atoms with Crippen LogP contribution in [0, 0.1) is 17.7 Å². The molecule has 0 bridgehead atoms. The Bertz CT molecular complexity index is 884. The van der Waals surface area contributed by atoms with Gasteiger partial charge in [0, 0.05) is 32.1 Å². The van der Waals surface area contributed by atoms with Crippen LogP contribution in [-0.4, -0.2) is 62.7 Å². The van der Waals surface area contributed by atoms with Crippen LogP contribution in [0.25, 0.3) is 0 Å².